The highest BCUT2D eigenvalue weighted by Crippen LogP contribution is 2.35. The maximum Gasteiger partial charge on any atom is 0.416 e. The van der Waals surface area contributed by atoms with Gasteiger partial charge in [-0.1, -0.05) is 26.0 Å². The van der Waals surface area contributed by atoms with Crippen molar-refractivity contribution in [2.24, 2.45) is 5.92 Å². The Morgan fingerprint density at radius 3 is 2.22 bits per heavy atom. The van der Waals surface area contributed by atoms with E-state index in [9.17, 15) is 18.0 Å². The van der Waals surface area contributed by atoms with Gasteiger partial charge in [0.05, 0.1) is 11.5 Å². The van der Waals surface area contributed by atoms with Crippen LogP contribution in [0.2, 0.25) is 0 Å². The third kappa shape index (κ3) is 3.03. The molecule has 5 heteroatoms. The molecule has 1 aromatic rings. The van der Waals surface area contributed by atoms with Gasteiger partial charge in [-0.05, 0) is 30.0 Å². The van der Waals surface area contributed by atoms with Gasteiger partial charge in [0, 0.05) is 0 Å². The SMILES string of the molecule is Cc1ccc(C(C(=O)O)C(C)C)cc1C(F)(F)F. The van der Waals surface area contributed by atoms with Crippen molar-refractivity contribution >= 4 is 5.97 Å². The lowest BCUT2D eigenvalue weighted by atomic mass is 9.87. The molecule has 0 spiro atoms. The van der Waals surface area contributed by atoms with Gasteiger partial charge in [-0.2, -0.15) is 13.2 Å². The zero-order chi connectivity index (χ0) is 14.1. The summed E-state index contributed by atoms with van der Waals surface area (Å²) in [5.74, 6) is -2.31. The summed E-state index contributed by atoms with van der Waals surface area (Å²) in [5, 5.41) is 9.08. The maximum absolute atomic E-state index is 12.7. The molecule has 0 fully saturated rings. The summed E-state index contributed by atoms with van der Waals surface area (Å²) in [4.78, 5) is 11.1. The molecular weight excluding hydrogens is 245 g/mol. The van der Waals surface area contributed by atoms with Gasteiger partial charge in [0.2, 0.25) is 0 Å². The fourth-order valence-corrected chi connectivity index (χ4v) is 1.95. The number of rotatable bonds is 3. The Morgan fingerprint density at radius 2 is 1.83 bits per heavy atom. The Balaban J connectivity index is 3.31. The lowest BCUT2D eigenvalue weighted by Crippen LogP contribution is -2.18. The van der Waals surface area contributed by atoms with Crippen LogP contribution < -0.4 is 0 Å². The molecule has 0 radical (unpaired) electrons. The fraction of sp³-hybridized carbons (Fsp3) is 0.462. The van der Waals surface area contributed by atoms with Crippen molar-refractivity contribution in [3.63, 3.8) is 0 Å². The molecule has 0 aromatic heterocycles. The van der Waals surface area contributed by atoms with Gasteiger partial charge >= 0.3 is 12.1 Å². The summed E-state index contributed by atoms with van der Waals surface area (Å²) < 4.78 is 38.2. The first-order valence-corrected chi connectivity index (χ1v) is 5.55. The Hall–Kier alpha value is -1.52. The number of alkyl halides is 3. The second-order valence-electron chi connectivity index (χ2n) is 4.63. The van der Waals surface area contributed by atoms with Crippen molar-refractivity contribution in [1.82, 2.24) is 0 Å². The quantitative estimate of drug-likeness (QED) is 0.896. The molecule has 1 unspecified atom stereocenters. The smallest absolute Gasteiger partial charge is 0.416 e. The van der Waals surface area contributed by atoms with Crippen LogP contribution in [0.5, 0.6) is 0 Å². The normalized spacial score (nSPS) is 13.7. The Labute approximate surface area is 103 Å². The third-order valence-electron chi connectivity index (χ3n) is 2.86. The number of benzene rings is 1. The first-order valence-electron chi connectivity index (χ1n) is 5.55. The minimum absolute atomic E-state index is 0.0964. The predicted molar refractivity (Wildman–Crippen MR) is 61.4 cm³/mol. The van der Waals surface area contributed by atoms with E-state index in [1.54, 1.807) is 13.8 Å². The molecule has 1 aromatic carbocycles. The molecule has 2 nitrogen and oxygen atoms in total. The number of aryl methyl sites for hydroxylation is 1. The van der Waals surface area contributed by atoms with Crippen molar-refractivity contribution in [2.45, 2.75) is 32.9 Å². The molecule has 1 rings (SSSR count). The predicted octanol–water partition coefficient (Wildman–Crippen LogP) is 3.84. The summed E-state index contributed by atoms with van der Waals surface area (Å²) in [7, 11) is 0. The summed E-state index contributed by atoms with van der Waals surface area (Å²) >= 11 is 0. The van der Waals surface area contributed by atoms with Gasteiger partial charge in [0.15, 0.2) is 0 Å². The van der Waals surface area contributed by atoms with Gasteiger partial charge < -0.3 is 5.11 Å². The Bertz CT molecular complexity index is 450. The van der Waals surface area contributed by atoms with Gasteiger partial charge in [-0.15, -0.1) is 0 Å². The van der Waals surface area contributed by atoms with Crippen molar-refractivity contribution < 1.29 is 23.1 Å². The molecule has 0 aliphatic rings. The molecule has 0 amide bonds. The topological polar surface area (TPSA) is 37.3 Å². The molecule has 1 atom stereocenters. The zero-order valence-electron chi connectivity index (χ0n) is 10.4. The van der Waals surface area contributed by atoms with Crippen LogP contribution in [0.4, 0.5) is 13.2 Å². The minimum atomic E-state index is -4.46. The Morgan fingerprint density at radius 1 is 1.28 bits per heavy atom. The second kappa shape index (κ2) is 5.00. The van der Waals surface area contributed by atoms with E-state index in [4.69, 9.17) is 5.11 Å². The van der Waals surface area contributed by atoms with Crippen molar-refractivity contribution in [3.05, 3.63) is 34.9 Å². The minimum Gasteiger partial charge on any atom is -0.481 e. The molecule has 18 heavy (non-hydrogen) atoms. The number of aliphatic carboxylic acids is 1. The van der Waals surface area contributed by atoms with Crippen LogP contribution in [0.15, 0.2) is 18.2 Å². The van der Waals surface area contributed by atoms with Crippen LogP contribution in [0, 0.1) is 12.8 Å². The molecule has 0 aliphatic carbocycles. The first kappa shape index (κ1) is 14.5. The van der Waals surface area contributed by atoms with Crippen LogP contribution in [0.1, 0.15) is 36.5 Å². The molecule has 0 aliphatic heterocycles. The molecule has 100 valence electrons. The highest BCUT2D eigenvalue weighted by Gasteiger charge is 2.34. The highest BCUT2D eigenvalue weighted by molar-refractivity contribution is 5.76. The van der Waals surface area contributed by atoms with E-state index in [-0.39, 0.29) is 17.0 Å². The summed E-state index contributed by atoms with van der Waals surface area (Å²) in [6.07, 6.45) is -4.46. The van der Waals surface area contributed by atoms with Gasteiger partial charge in [0.1, 0.15) is 0 Å². The average Bonchev–Trinajstić information content (AvgIpc) is 2.17. The highest BCUT2D eigenvalue weighted by atomic mass is 19.4. The van der Waals surface area contributed by atoms with E-state index >= 15 is 0 Å². The van der Waals surface area contributed by atoms with Crippen LogP contribution in [-0.4, -0.2) is 11.1 Å². The molecular formula is C13H15F3O2. The van der Waals surface area contributed by atoms with Crippen LogP contribution >= 0.6 is 0 Å². The van der Waals surface area contributed by atoms with Crippen molar-refractivity contribution in [3.8, 4) is 0 Å². The Kier molecular flexibility index (Phi) is 4.04. The van der Waals surface area contributed by atoms with Crippen LogP contribution in [0.3, 0.4) is 0 Å². The zero-order valence-corrected chi connectivity index (χ0v) is 10.4. The van der Waals surface area contributed by atoms with E-state index in [0.29, 0.717) is 0 Å². The van der Waals surface area contributed by atoms with Crippen LogP contribution in [0.25, 0.3) is 0 Å². The third-order valence-corrected chi connectivity index (χ3v) is 2.86. The van der Waals surface area contributed by atoms with Gasteiger partial charge in [-0.3, -0.25) is 4.79 Å². The van der Waals surface area contributed by atoms with E-state index in [0.717, 1.165) is 6.07 Å². The largest absolute Gasteiger partial charge is 0.481 e. The first-order chi connectivity index (χ1) is 8.14. The number of carboxylic acid groups (broad SMARTS) is 1. The molecule has 0 saturated carbocycles. The molecule has 0 bridgehead atoms. The molecule has 0 saturated heterocycles. The van der Waals surface area contributed by atoms with Crippen LogP contribution in [-0.2, 0) is 11.0 Å². The summed E-state index contributed by atoms with van der Waals surface area (Å²) in [6.45, 7) is 4.70. The standard InChI is InChI=1S/C13H15F3O2/c1-7(2)11(12(17)18)9-5-4-8(3)10(6-9)13(14,15)16/h4-7,11H,1-3H3,(H,17,18). The summed E-state index contributed by atoms with van der Waals surface area (Å²) in [5.41, 5.74) is -0.485. The second-order valence-corrected chi connectivity index (χ2v) is 4.63. The summed E-state index contributed by atoms with van der Waals surface area (Å²) in [6, 6.07) is 3.70. The van der Waals surface area contributed by atoms with E-state index in [1.165, 1.54) is 19.1 Å². The number of hydrogen-bond acceptors (Lipinski definition) is 1. The van der Waals surface area contributed by atoms with Gasteiger partial charge in [0.25, 0.3) is 0 Å². The number of hydrogen-bond donors (Lipinski definition) is 1. The average molecular weight is 260 g/mol. The number of carbonyl (C=O) groups is 1. The lowest BCUT2D eigenvalue weighted by molar-refractivity contribution is -0.141. The fourth-order valence-electron chi connectivity index (χ4n) is 1.95. The van der Waals surface area contributed by atoms with E-state index in [2.05, 4.69) is 0 Å². The molecule has 0 heterocycles. The van der Waals surface area contributed by atoms with E-state index < -0.39 is 23.6 Å². The number of carboxylic acids is 1. The maximum atomic E-state index is 12.7. The van der Waals surface area contributed by atoms with Crippen molar-refractivity contribution in [1.29, 1.82) is 0 Å². The van der Waals surface area contributed by atoms with Crippen molar-refractivity contribution in [2.75, 3.05) is 0 Å². The lowest BCUT2D eigenvalue weighted by Gasteiger charge is -2.19. The van der Waals surface area contributed by atoms with E-state index in [1.807, 2.05) is 0 Å². The monoisotopic (exact) mass is 260 g/mol. The number of halogens is 3. The molecule has 1 N–H and O–H groups in total. The van der Waals surface area contributed by atoms with Gasteiger partial charge in [-0.25, -0.2) is 0 Å².